The summed E-state index contributed by atoms with van der Waals surface area (Å²) in [6.45, 7) is 5.51. The van der Waals surface area contributed by atoms with Crippen LogP contribution in [0.2, 0.25) is 0 Å². The molecular formula is C14H26IN3. The van der Waals surface area contributed by atoms with Gasteiger partial charge in [0.25, 0.3) is 0 Å². The van der Waals surface area contributed by atoms with E-state index in [1.54, 1.807) is 0 Å². The van der Waals surface area contributed by atoms with E-state index in [2.05, 4.69) is 22.2 Å². The van der Waals surface area contributed by atoms with Crippen LogP contribution >= 0.6 is 24.0 Å². The quantitative estimate of drug-likeness (QED) is 0.341. The van der Waals surface area contributed by atoms with E-state index in [9.17, 15) is 0 Å². The lowest BCUT2D eigenvalue weighted by Crippen LogP contribution is -2.38. The Morgan fingerprint density at radius 2 is 2.17 bits per heavy atom. The highest BCUT2D eigenvalue weighted by Crippen LogP contribution is 2.49. The molecular weight excluding hydrogens is 337 g/mol. The maximum atomic E-state index is 4.18. The van der Waals surface area contributed by atoms with Gasteiger partial charge in [0, 0.05) is 20.1 Å². The molecule has 2 aliphatic rings. The molecule has 18 heavy (non-hydrogen) atoms. The SMILES string of the molecule is C=CCNC(=NC)NCCC1CC2CCC1C2.I. The highest BCUT2D eigenvalue weighted by atomic mass is 127. The lowest BCUT2D eigenvalue weighted by atomic mass is 9.86. The average molecular weight is 363 g/mol. The maximum absolute atomic E-state index is 4.18. The summed E-state index contributed by atoms with van der Waals surface area (Å²) in [4.78, 5) is 4.18. The van der Waals surface area contributed by atoms with E-state index < -0.39 is 0 Å². The molecule has 2 rings (SSSR count). The second kappa shape index (κ2) is 8.02. The Labute approximate surface area is 128 Å². The van der Waals surface area contributed by atoms with Crippen molar-refractivity contribution in [3.63, 3.8) is 0 Å². The minimum Gasteiger partial charge on any atom is -0.356 e. The molecule has 0 spiro atoms. The molecule has 0 aromatic carbocycles. The van der Waals surface area contributed by atoms with Crippen LogP contribution < -0.4 is 10.6 Å². The lowest BCUT2D eigenvalue weighted by Gasteiger charge is -2.22. The second-order valence-corrected chi connectivity index (χ2v) is 5.39. The van der Waals surface area contributed by atoms with E-state index in [0.29, 0.717) is 0 Å². The molecule has 0 aromatic heterocycles. The van der Waals surface area contributed by atoms with E-state index in [0.717, 1.165) is 36.8 Å². The molecule has 0 amide bonds. The topological polar surface area (TPSA) is 36.4 Å². The molecule has 0 radical (unpaired) electrons. The highest BCUT2D eigenvalue weighted by Gasteiger charge is 2.38. The molecule has 0 aliphatic heterocycles. The number of hydrogen-bond acceptors (Lipinski definition) is 1. The first-order chi connectivity index (χ1) is 8.33. The van der Waals surface area contributed by atoms with Gasteiger partial charge >= 0.3 is 0 Å². The van der Waals surface area contributed by atoms with E-state index >= 15 is 0 Å². The van der Waals surface area contributed by atoms with Gasteiger partial charge in [-0.2, -0.15) is 0 Å². The van der Waals surface area contributed by atoms with Crippen molar-refractivity contribution in [2.75, 3.05) is 20.1 Å². The number of hydrogen-bond donors (Lipinski definition) is 2. The van der Waals surface area contributed by atoms with Crippen LogP contribution in [0.4, 0.5) is 0 Å². The van der Waals surface area contributed by atoms with Crippen molar-refractivity contribution in [1.82, 2.24) is 10.6 Å². The van der Waals surface area contributed by atoms with Crippen LogP contribution in [-0.4, -0.2) is 26.1 Å². The fraction of sp³-hybridized carbons (Fsp3) is 0.786. The normalized spacial score (nSPS) is 29.8. The number of nitrogens with one attached hydrogen (secondary N) is 2. The Hall–Kier alpha value is -0.260. The van der Waals surface area contributed by atoms with Gasteiger partial charge in [-0.3, -0.25) is 4.99 Å². The van der Waals surface area contributed by atoms with Gasteiger partial charge in [-0.15, -0.1) is 30.6 Å². The molecule has 4 heteroatoms. The molecule has 2 N–H and O–H groups in total. The summed E-state index contributed by atoms with van der Waals surface area (Å²) in [5, 5.41) is 6.58. The van der Waals surface area contributed by atoms with Gasteiger partial charge < -0.3 is 10.6 Å². The monoisotopic (exact) mass is 363 g/mol. The van der Waals surface area contributed by atoms with Crippen LogP contribution in [0.25, 0.3) is 0 Å². The summed E-state index contributed by atoms with van der Waals surface area (Å²) in [7, 11) is 1.82. The van der Waals surface area contributed by atoms with Crippen molar-refractivity contribution in [1.29, 1.82) is 0 Å². The molecule has 2 fully saturated rings. The first-order valence-corrected chi connectivity index (χ1v) is 6.89. The second-order valence-electron chi connectivity index (χ2n) is 5.39. The van der Waals surface area contributed by atoms with E-state index in [1.807, 2.05) is 13.1 Å². The molecule has 0 heterocycles. The van der Waals surface area contributed by atoms with Crippen LogP contribution in [0, 0.1) is 17.8 Å². The zero-order chi connectivity index (χ0) is 12.1. The fourth-order valence-corrected chi connectivity index (χ4v) is 3.50. The van der Waals surface area contributed by atoms with E-state index in [4.69, 9.17) is 0 Å². The summed E-state index contributed by atoms with van der Waals surface area (Å²) < 4.78 is 0. The van der Waals surface area contributed by atoms with Crippen LogP contribution in [0.1, 0.15) is 32.1 Å². The molecule has 2 bridgehead atoms. The van der Waals surface area contributed by atoms with Gasteiger partial charge in [-0.1, -0.05) is 12.5 Å². The lowest BCUT2D eigenvalue weighted by molar-refractivity contribution is 0.315. The molecule has 104 valence electrons. The molecule has 0 aromatic rings. The predicted molar refractivity (Wildman–Crippen MR) is 88.5 cm³/mol. The van der Waals surface area contributed by atoms with Crippen molar-refractivity contribution in [3.05, 3.63) is 12.7 Å². The molecule has 2 aliphatic carbocycles. The van der Waals surface area contributed by atoms with E-state index in [-0.39, 0.29) is 24.0 Å². The van der Waals surface area contributed by atoms with Gasteiger partial charge in [0.05, 0.1) is 0 Å². The average Bonchev–Trinajstić information content (AvgIpc) is 2.95. The third kappa shape index (κ3) is 4.14. The Balaban J connectivity index is 0.00000162. The van der Waals surface area contributed by atoms with Gasteiger partial charge in [-0.05, 0) is 43.4 Å². The summed E-state index contributed by atoms with van der Waals surface area (Å²) in [6, 6.07) is 0. The number of nitrogens with zero attached hydrogens (tertiary/aromatic N) is 1. The smallest absolute Gasteiger partial charge is 0.191 e. The van der Waals surface area contributed by atoms with Crippen LogP contribution in [-0.2, 0) is 0 Å². The highest BCUT2D eigenvalue weighted by molar-refractivity contribution is 14.0. The Morgan fingerprint density at radius 3 is 2.72 bits per heavy atom. The van der Waals surface area contributed by atoms with Gasteiger partial charge in [0.2, 0.25) is 0 Å². The zero-order valence-electron chi connectivity index (χ0n) is 11.3. The third-order valence-electron chi connectivity index (χ3n) is 4.33. The summed E-state index contributed by atoms with van der Waals surface area (Å²) in [6.07, 6.45) is 9.12. The van der Waals surface area contributed by atoms with Crippen molar-refractivity contribution in [2.24, 2.45) is 22.7 Å². The molecule has 2 saturated carbocycles. The summed E-state index contributed by atoms with van der Waals surface area (Å²) in [5.74, 6) is 3.96. The third-order valence-corrected chi connectivity index (χ3v) is 4.33. The Morgan fingerprint density at radius 1 is 1.33 bits per heavy atom. The summed E-state index contributed by atoms with van der Waals surface area (Å²) >= 11 is 0. The van der Waals surface area contributed by atoms with Gasteiger partial charge in [-0.25, -0.2) is 0 Å². The first kappa shape index (κ1) is 15.8. The van der Waals surface area contributed by atoms with Crippen LogP contribution in [0.5, 0.6) is 0 Å². The largest absolute Gasteiger partial charge is 0.356 e. The number of fused-ring (bicyclic) bond motifs is 2. The van der Waals surface area contributed by atoms with Crippen molar-refractivity contribution < 1.29 is 0 Å². The number of rotatable bonds is 5. The Bertz CT molecular complexity index is 291. The first-order valence-electron chi connectivity index (χ1n) is 6.89. The molecule has 3 unspecified atom stereocenters. The molecule has 3 nitrogen and oxygen atoms in total. The number of aliphatic imine (C=N–C) groups is 1. The van der Waals surface area contributed by atoms with Crippen molar-refractivity contribution in [2.45, 2.75) is 32.1 Å². The van der Waals surface area contributed by atoms with Gasteiger partial charge in [0.1, 0.15) is 0 Å². The zero-order valence-corrected chi connectivity index (χ0v) is 13.7. The van der Waals surface area contributed by atoms with E-state index in [1.165, 1.54) is 32.1 Å². The van der Waals surface area contributed by atoms with Crippen LogP contribution in [0.3, 0.4) is 0 Å². The predicted octanol–water partition coefficient (Wildman–Crippen LogP) is 2.78. The molecule has 3 atom stereocenters. The number of halogens is 1. The minimum atomic E-state index is 0. The minimum absolute atomic E-state index is 0. The fourth-order valence-electron chi connectivity index (χ4n) is 3.50. The Kier molecular flexibility index (Phi) is 7.04. The maximum Gasteiger partial charge on any atom is 0.191 e. The molecule has 0 saturated heterocycles. The van der Waals surface area contributed by atoms with Gasteiger partial charge in [0.15, 0.2) is 5.96 Å². The van der Waals surface area contributed by atoms with Crippen molar-refractivity contribution >= 4 is 29.9 Å². The van der Waals surface area contributed by atoms with Crippen LogP contribution in [0.15, 0.2) is 17.6 Å². The standard InChI is InChI=1S/C14H25N3.HI/c1-3-7-16-14(15-2)17-8-6-13-10-11-4-5-12(13)9-11;/h3,11-13H,1,4-10H2,2H3,(H2,15,16,17);1H. The van der Waals surface area contributed by atoms with Crippen molar-refractivity contribution in [3.8, 4) is 0 Å². The summed E-state index contributed by atoms with van der Waals surface area (Å²) in [5.41, 5.74) is 0. The number of guanidine groups is 1.